The topological polar surface area (TPSA) is 66.0 Å². The number of aromatic nitrogens is 2. The van der Waals surface area contributed by atoms with Gasteiger partial charge in [0.1, 0.15) is 11.3 Å². The predicted octanol–water partition coefficient (Wildman–Crippen LogP) is 4.61. The molecule has 0 aliphatic heterocycles. The van der Waals surface area contributed by atoms with Crippen LogP contribution in [0.15, 0.2) is 36.5 Å². The van der Waals surface area contributed by atoms with Crippen LogP contribution in [0.1, 0.15) is 42.9 Å². The quantitative estimate of drug-likeness (QED) is 0.707. The molecule has 27 heavy (non-hydrogen) atoms. The van der Waals surface area contributed by atoms with Crippen LogP contribution in [0.25, 0.3) is 10.9 Å². The number of H-pyrrole nitrogens is 1. The molecule has 2 N–H and O–H groups in total. The Hall–Kier alpha value is -2.76. The van der Waals surface area contributed by atoms with Crippen LogP contribution in [0, 0.1) is 18.6 Å². The third-order valence-electron chi connectivity index (χ3n) is 6.19. The van der Waals surface area contributed by atoms with Crippen LogP contribution in [-0.4, -0.2) is 21.3 Å². The summed E-state index contributed by atoms with van der Waals surface area (Å²) in [5.74, 6) is -1.82. The number of carboxylic acid groups (broad SMARTS) is 1. The highest BCUT2D eigenvalue weighted by molar-refractivity contribution is 5.84. The molecular formula is C21H20F2N2O2. The van der Waals surface area contributed by atoms with Gasteiger partial charge in [0.05, 0.1) is 11.6 Å². The number of aliphatic carboxylic acids is 1. The normalized spacial score (nSPS) is 25.2. The molecule has 0 unspecified atom stereocenters. The zero-order valence-electron chi connectivity index (χ0n) is 15.1. The number of nitrogens with one attached hydrogen (secondary N) is 1. The van der Waals surface area contributed by atoms with Crippen molar-refractivity contribution in [2.75, 3.05) is 0 Å². The SMILES string of the molecule is Cc1c(F)cccc1[C@]1(C(=O)O)CC[C@@](C)(c2ccc3cn[nH]c3c2F)C1. The fourth-order valence-corrected chi connectivity index (χ4v) is 4.66. The van der Waals surface area contributed by atoms with Crippen LogP contribution < -0.4 is 0 Å². The molecule has 1 saturated carbocycles. The highest BCUT2D eigenvalue weighted by Crippen LogP contribution is 2.53. The van der Waals surface area contributed by atoms with E-state index in [-0.39, 0.29) is 6.42 Å². The Morgan fingerprint density at radius 1 is 1.19 bits per heavy atom. The molecule has 140 valence electrons. The Labute approximate surface area is 155 Å². The number of benzene rings is 2. The first-order chi connectivity index (χ1) is 12.8. The molecule has 1 heterocycles. The maximum absolute atomic E-state index is 15.1. The summed E-state index contributed by atoms with van der Waals surface area (Å²) >= 11 is 0. The molecule has 1 aliphatic rings. The van der Waals surface area contributed by atoms with Crippen molar-refractivity contribution in [3.05, 3.63) is 64.9 Å². The lowest BCUT2D eigenvalue weighted by Crippen LogP contribution is -2.36. The lowest BCUT2D eigenvalue weighted by molar-refractivity contribution is -0.143. The second-order valence-corrected chi connectivity index (χ2v) is 7.80. The van der Waals surface area contributed by atoms with Gasteiger partial charge in [0.2, 0.25) is 0 Å². The van der Waals surface area contributed by atoms with Crippen molar-refractivity contribution in [3.8, 4) is 0 Å². The van der Waals surface area contributed by atoms with Gasteiger partial charge in [-0.25, -0.2) is 8.78 Å². The summed E-state index contributed by atoms with van der Waals surface area (Å²) < 4.78 is 29.2. The number of carbonyl (C=O) groups is 1. The summed E-state index contributed by atoms with van der Waals surface area (Å²) in [5, 5.41) is 17.3. The summed E-state index contributed by atoms with van der Waals surface area (Å²) in [7, 11) is 0. The molecule has 0 spiro atoms. The van der Waals surface area contributed by atoms with Crippen LogP contribution in [0.2, 0.25) is 0 Å². The van der Waals surface area contributed by atoms with Crippen LogP contribution >= 0.6 is 0 Å². The average molecular weight is 370 g/mol. The number of fused-ring (bicyclic) bond motifs is 1. The van der Waals surface area contributed by atoms with Gasteiger partial charge >= 0.3 is 5.97 Å². The zero-order valence-corrected chi connectivity index (χ0v) is 15.1. The van der Waals surface area contributed by atoms with Crippen molar-refractivity contribution >= 4 is 16.9 Å². The highest BCUT2D eigenvalue weighted by atomic mass is 19.1. The van der Waals surface area contributed by atoms with Gasteiger partial charge in [-0.2, -0.15) is 5.10 Å². The lowest BCUT2D eigenvalue weighted by Gasteiger charge is -2.31. The Morgan fingerprint density at radius 3 is 2.70 bits per heavy atom. The second-order valence-electron chi connectivity index (χ2n) is 7.80. The number of nitrogens with zero attached hydrogens (tertiary/aromatic N) is 1. The van der Waals surface area contributed by atoms with E-state index >= 15 is 4.39 Å². The number of hydrogen-bond acceptors (Lipinski definition) is 2. The second kappa shape index (κ2) is 5.87. The molecular weight excluding hydrogens is 350 g/mol. The van der Waals surface area contributed by atoms with Gasteiger partial charge < -0.3 is 5.11 Å². The first-order valence-corrected chi connectivity index (χ1v) is 8.90. The maximum atomic E-state index is 15.1. The molecule has 2 atom stereocenters. The fourth-order valence-electron chi connectivity index (χ4n) is 4.66. The van der Waals surface area contributed by atoms with Gasteiger partial charge in [-0.3, -0.25) is 9.89 Å². The highest BCUT2D eigenvalue weighted by Gasteiger charge is 2.53. The van der Waals surface area contributed by atoms with Crippen molar-refractivity contribution in [3.63, 3.8) is 0 Å². The van der Waals surface area contributed by atoms with Gasteiger partial charge in [-0.15, -0.1) is 0 Å². The number of hydrogen-bond donors (Lipinski definition) is 2. The summed E-state index contributed by atoms with van der Waals surface area (Å²) in [6.45, 7) is 3.48. The third kappa shape index (κ3) is 2.46. The molecule has 0 radical (unpaired) electrons. The maximum Gasteiger partial charge on any atom is 0.314 e. The summed E-state index contributed by atoms with van der Waals surface area (Å²) in [5.41, 5.74) is -0.313. The number of rotatable bonds is 3. The van der Waals surface area contributed by atoms with Gasteiger partial charge in [0.25, 0.3) is 0 Å². The van der Waals surface area contributed by atoms with Gasteiger partial charge in [0, 0.05) is 5.39 Å². The number of aromatic amines is 1. The van der Waals surface area contributed by atoms with E-state index < -0.39 is 28.4 Å². The zero-order chi connectivity index (χ0) is 19.4. The largest absolute Gasteiger partial charge is 0.481 e. The van der Waals surface area contributed by atoms with E-state index in [0.717, 1.165) is 0 Å². The summed E-state index contributed by atoms with van der Waals surface area (Å²) in [6, 6.07) is 8.04. The average Bonchev–Trinajstić information content (AvgIpc) is 3.24. The van der Waals surface area contributed by atoms with Crippen molar-refractivity contribution in [2.24, 2.45) is 0 Å². The van der Waals surface area contributed by atoms with E-state index in [4.69, 9.17) is 0 Å². The van der Waals surface area contributed by atoms with E-state index in [1.54, 1.807) is 31.3 Å². The first kappa shape index (κ1) is 17.6. The Balaban J connectivity index is 1.84. The van der Waals surface area contributed by atoms with E-state index in [1.807, 2.05) is 6.92 Å². The van der Waals surface area contributed by atoms with Crippen LogP contribution in [0.3, 0.4) is 0 Å². The van der Waals surface area contributed by atoms with Gasteiger partial charge in [0.15, 0.2) is 5.82 Å². The molecule has 0 saturated heterocycles. The Morgan fingerprint density at radius 2 is 1.96 bits per heavy atom. The minimum atomic E-state index is -1.24. The van der Waals surface area contributed by atoms with E-state index in [0.29, 0.717) is 40.4 Å². The van der Waals surface area contributed by atoms with Crippen molar-refractivity contribution in [1.82, 2.24) is 10.2 Å². The molecule has 1 fully saturated rings. The van der Waals surface area contributed by atoms with Crippen LogP contribution in [-0.2, 0) is 15.6 Å². The number of carboxylic acids is 1. The van der Waals surface area contributed by atoms with Crippen LogP contribution in [0.5, 0.6) is 0 Å². The summed E-state index contributed by atoms with van der Waals surface area (Å²) in [4.78, 5) is 12.3. The molecule has 1 aliphatic carbocycles. The first-order valence-electron chi connectivity index (χ1n) is 8.90. The van der Waals surface area contributed by atoms with E-state index in [9.17, 15) is 14.3 Å². The van der Waals surface area contributed by atoms with Crippen molar-refractivity contribution < 1.29 is 18.7 Å². The third-order valence-corrected chi connectivity index (χ3v) is 6.19. The molecule has 2 aromatic carbocycles. The minimum Gasteiger partial charge on any atom is -0.481 e. The van der Waals surface area contributed by atoms with Gasteiger partial charge in [-0.1, -0.05) is 31.2 Å². The Bertz CT molecular complexity index is 1060. The molecule has 4 nitrogen and oxygen atoms in total. The smallest absolute Gasteiger partial charge is 0.314 e. The summed E-state index contributed by atoms with van der Waals surface area (Å²) in [6.07, 6.45) is 2.57. The van der Waals surface area contributed by atoms with Crippen molar-refractivity contribution in [1.29, 1.82) is 0 Å². The lowest BCUT2D eigenvalue weighted by atomic mass is 9.72. The van der Waals surface area contributed by atoms with E-state index in [1.165, 1.54) is 12.1 Å². The molecule has 3 aromatic rings. The van der Waals surface area contributed by atoms with Crippen molar-refractivity contribution in [2.45, 2.75) is 43.9 Å². The molecule has 0 amide bonds. The molecule has 6 heteroatoms. The molecule has 1 aromatic heterocycles. The Kier molecular flexibility index (Phi) is 3.84. The van der Waals surface area contributed by atoms with E-state index in [2.05, 4.69) is 10.2 Å². The van der Waals surface area contributed by atoms with Crippen LogP contribution in [0.4, 0.5) is 8.78 Å². The standard InChI is InChI=1S/C21H20F2N2O2/c1-12-14(4-3-5-16(12)22)21(19(26)27)9-8-20(2,11-21)15-7-6-13-10-24-25-18(13)17(15)23/h3-7,10H,8-9,11H2,1-2H3,(H,24,25)(H,26,27)/t20-,21+/m1/s1. The monoisotopic (exact) mass is 370 g/mol. The van der Waals surface area contributed by atoms with Gasteiger partial charge in [-0.05, 0) is 54.4 Å². The number of halogens is 2. The fraction of sp³-hybridized carbons (Fsp3) is 0.333. The predicted molar refractivity (Wildman–Crippen MR) is 97.7 cm³/mol. The molecule has 4 rings (SSSR count). The molecule has 0 bridgehead atoms. The minimum absolute atomic E-state index is 0.205.